The summed E-state index contributed by atoms with van der Waals surface area (Å²) in [6.45, 7) is 5.81. The number of nitrogens with two attached hydrogens (primary N) is 1. The zero-order chi connectivity index (χ0) is 13.3. The molecule has 0 heterocycles. The molecule has 0 radical (unpaired) electrons. The van der Waals surface area contributed by atoms with Gasteiger partial charge in [0.15, 0.2) is 0 Å². The van der Waals surface area contributed by atoms with Crippen molar-refractivity contribution in [2.75, 3.05) is 0 Å². The fourth-order valence-corrected chi connectivity index (χ4v) is 1.19. The molecule has 2 atom stereocenters. The van der Waals surface area contributed by atoms with Gasteiger partial charge in [-0.25, -0.2) is 19.4 Å². The van der Waals surface area contributed by atoms with E-state index < -0.39 is 18.0 Å². The van der Waals surface area contributed by atoms with Crippen LogP contribution in [0, 0.1) is 5.92 Å². The number of hydrogen-bond acceptors (Lipinski definition) is 5. The van der Waals surface area contributed by atoms with E-state index in [0.717, 1.165) is 25.7 Å². The Morgan fingerprint density at radius 1 is 1.18 bits per heavy atom. The number of unbranched alkanes of at least 4 members (excludes halogenated alkanes) is 2. The van der Waals surface area contributed by atoms with Gasteiger partial charge in [-0.1, -0.05) is 40.0 Å². The van der Waals surface area contributed by atoms with Gasteiger partial charge in [-0.2, -0.15) is 0 Å². The molecule has 0 spiro atoms. The lowest BCUT2D eigenvalue weighted by molar-refractivity contribution is -0.260. The van der Waals surface area contributed by atoms with Gasteiger partial charge in [-0.3, -0.25) is 0 Å². The standard InChI is InChI=1S/C12H23NO4/c1-4-6-7-8-10(14)16-17-12(15)11(13)9(3)5-2/h9,11H,4-8,13H2,1-3H3. The molecule has 0 saturated carbocycles. The third-order valence-electron chi connectivity index (χ3n) is 2.73. The van der Waals surface area contributed by atoms with E-state index in [1.54, 1.807) is 0 Å². The van der Waals surface area contributed by atoms with E-state index in [9.17, 15) is 9.59 Å². The van der Waals surface area contributed by atoms with Gasteiger partial charge in [0.25, 0.3) is 0 Å². The zero-order valence-electron chi connectivity index (χ0n) is 10.9. The molecular weight excluding hydrogens is 222 g/mol. The van der Waals surface area contributed by atoms with E-state index in [1.165, 1.54) is 0 Å². The summed E-state index contributed by atoms with van der Waals surface area (Å²) < 4.78 is 0. The highest BCUT2D eigenvalue weighted by Gasteiger charge is 2.23. The molecule has 0 fully saturated rings. The summed E-state index contributed by atoms with van der Waals surface area (Å²) in [7, 11) is 0. The van der Waals surface area contributed by atoms with Gasteiger partial charge in [0, 0.05) is 0 Å². The summed E-state index contributed by atoms with van der Waals surface area (Å²) in [5.41, 5.74) is 5.61. The van der Waals surface area contributed by atoms with Crippen molar-refractivity contribution >= 4 is 11.9 Å². The second kappa shape index (κ2) is 8.98. The predicted molar refractivity (Wildman–Crippen MR) is 63.8 cm³/mol. The van der Waals surface area contributed by atoms with Crippen LogP contribution in [-0.4, -0.2) is 18.0 Å². The maximum Gasteiger partial charge on any atom is 0.372 e. The Balaban J connectivity index is 3.79. The minimum atomic E-state index is -0.747. The molecule has 0 bridgehead atoms. The minimum Gasteiger partial charge on any atom is -0.318 e. The number of hydrogen-bond donors (Lipinski definition) is 1. The fourth-order valence-electron chi connectivity index (χ4n) is 1.19. The van der Waals surface area contributed by atoms with E-state index in [4.69, 9.17) is 5.73 Å². The molecule has 0 aliphatic heterocycles. The maximum atomic E-state index is 11.4. The molecule has 0 aromatic carbocycles. The average molecular weight is 245 g/mol. The van der Waals surface area contributed by atoms with Gasteiger partial charge in [-0.15, -0.1) is 0 Å². The van der Waals surface area contributed by atoms with Gasteiger partial charge in [0.2, 0.25) is 0 Å². The van der Waals surface area contributed by atoms with E-state index >= 15 is 0 Å². The van der Waals surface area contributed by atoms with E-state index in [1.807, 2.05) is 20.8 Å². The lowest BCUT2D eigenvalue weighted by Crippen LogP contribution is -2.38. The highest BCUT2D eigenvalue weighted by atomic mass is 17.2. The summed E-state index contributed by atoms with van der Waals surface area (Å²) in [4.78, 5) is 31.3. The van der Waals surface area contributed by atoms with Gasteiger partial charge >= 0.3 is 11.9 Å². The van der Waals surface area contributed by atoms with Crippen molar-refractivity contribution in [2.45, 2.75) is 58.9 Å². The van der Waals surface area contributed by atoms with Crippen LogP contribution in [0.3, 0.4) is 0 Å². The average Bonchev–Trinajstić information content (AvgIpc) is 2.34. The largest absolute Gasteiger partial charge is 0.372 e. The summed E-state index contributed by atoms with van der Waals surface area (Å²) in [5.74, 6) is -1.22. The molecule has 0 aliphatic rings. The Labute approximate surface area is 103 Å². The molecule has 0 rings (SSSR count). The molecular formula is C12H23NO4. The van der Waals surface area contributed by atoms with Crippen molar-refractivity contribution in [3.8, 4) is 0 Å². The van der Waals surface area contributed by atoms with Crippen molar-refractivity contribution in [2.24, 2.45) is 11.7 Å². The lowest BCUT2D eigenvalue weighted by atomic mass is 10.0. The fraction of sp³-hybridized carbons (Fsp3) is 0.833. The van der Waals surface area contributed by atoms with Gasteiger partial charge < -0.3 is 5.73 Å². The van der Waals surface area contributed by atoms with Crippen molar-refractivity contribution in [3.05, 3.63) is 0 Å². The zero-order valence-corrected chi connectivity index (χ0v) is 10.9. The molecule has 2 unspecified atom stereocenters. The third-order valence-corrected chi connectivity index (χ3v) is 2.73. The molecule has 5 nitrogen and oxygen atoms in total. The van der Waals surface area contributed by atoms with Crippen LogP contribution in [0.2, 0.25) is 0 Å². The molecule has 0 aliphatic carbocycles. The van der Waals surface area contributed by atoms with Gasteiger partial charge in [-0.05, 0) is 12.3 Å². The number of carbonyl (C=O) groups is 2. The van der Waals surface area contributed by atoms with Crippen LogP contribution in [-0.2, 0) is 19.4 Å². The van der Waals surface area contributed by atoms with Gasteiger partial charge in [0.1, 0.15) is 6.04 Å². The highest BCUT2D eigenvalue weighted by molar-refractivity contribution is 5.77. The Bertz CT molecular complexity index is 243. The molecule has 5 heteroatoms. The summed E-state index contributed by atoms with van der Waals surface area (Å²) in [6, 6.07) is -0.747. The molecule has 0 aromatic heterocycles. The predicted octanol–water partition coefficient (Wildman–Crippen LogP) is 1.94. The van der Waals surface area contributed by atoms with Gasteiger partial charge in [0.05, 0.1) is 6.42 Å². The van der Waals surface area contributed by atoms with Crippen molar-refractivity contribution in [1.29, 1.82) is 0 Å². The van der Waals surface area contributed by atoms with Crippen LogP contribution in [0.25, 0.3) is 0 Å². The minimum absolute atomic E-state index is 0.00120. The first kappa shape index (κ1) is 15.9. The lowest BCUT2D eigenvalue weighted by Gasteiger charge is -2.15. The molecule has 100 valence electrons. The Kier molecular flexibility index (Phi) is 8.40. The van der Waals surface area contributed by atoms with E-state index in [2.05, 4.69) is 9.78 Å². The van der Waals surface area contributed by atoms with E-state index in [-0.39, 0.29) is 12.3 Å². The SMILES string of the molecule is CCCCCC(=O)OOC(=O)C(N)C(C)CC. The van der Waals surface area contributed by atoms with E-state index in [0.29, 0.717) is 0 Å². The summed E-state index contributed by atoms with van der Waals surface area (Å²) in [6.07, 6.45) is 3.74. The monoisotopic (exact) mass is 245 g/mol. The summed E-state index contributed by atoms with van der Waals surface area (Å²) in [5, 5.41) is 0. The Hall–Kier alpha value is -1.10. The quantitative estimate of drug-likeness (QED) is 0.421. The topological polar surface area (TPSA) is 78.6 Å². The maximum absolute atomic E-state index is 11.4. The molecule has 0 saturated heterocycles. The van der Waals surface area contributed by atoms with Crippen LogP contribution in [0.15, 0.2) is 0 Å². The number of rotatable bonds is 7. The van der Waals surface area contributed by atoms with Crippen molar-refractivity contribution in [1.82, 2.24) is 0 Å². The Morgan fingerprint density at radius 3 is 2.35 bits per heavy atom. The van der Waals surface area contributed by atoms with Crippen molar-refractivity contribution < 1.29 is 19.4 Å². The van der Waals surface area contributed by atoms with Crippen LogP contribution in [0.5, 0.6) is 0 Å². The first-order valence-corrected chi connectivity index (χ1v) is 6.19. The van der Waals surface area contributed by atoms with Crippen LogP contribution in [0.1, 0.15) is 52.9 Å². The summed E-state index contributed by atoms with van der Waals surface area (Å²) >= 11 is 0. The second-order valence-corrected chi connectivity index (χ2v) is 4.23. The smallest absolute Gasteiger partial charge is 0.318 e. The molecule has 0 amide bonds. The Morgan fingerprint density at radius 2 is 1.82 bits per heavy atom. The van der Waals surface area contributed by atoms with Crippen LogP contribution < -0.4 is 5.73 Å². The second-order valence-electron chi connectivity index (χ2n) is 4.23. The number of carbonyl (C=O) groups excluding carboxylic acids is 2. The van der Waals surface area contributed by atoms with Crippen LogP contribution >= 0.6 is 0 Å². The molecule has 17 heavy (non-hydrogen) atoms. The normalized spacial score (nSPS) is 13.9. The highest BCUT2D eigenvalue weighted by Crippen LogP contribution is 2.07. The van der Waals surface area contributed by atoms with Crippen LogP contribution in [0.4, 0.5) is 0 Å². The third kappa shape index (κ3) is 6.94. The molecule has 0 aromatic rings. The first-order valence-electron chi connectivity index (χ1n) is 6.19. The van der Waals surface area contributed by atoms with Crippen molar-refractivity contribution in [3.63, 3.8) is 0 Å². The molecule has 2 N–H and O–H groups in total. The first-order chi connectivity index (χ1) is 8.02.